The normalized spacial score (nSPS) is 17.3. The predicted molar refractivity (Wildman–Crippen MR) is 65.8 cm³/mol. The summed E-state index contributed by atoms with van der Waals surface area (Å²) in [4.78, 5) is 10.3. The topological polar surface area (TPSA) is 88.7 Å². The van der Waals surface area contributed by atoms with E-state index in [1.54, 1.807) is 6.07 Å². The second kappa shape index (κ2) is 4.85. The third-order valence-electron chi connectivity index (χ3n) is 2.17. The van der Waals surface area contributed by atoms with Crippen LogP contribution in [0.25, 0.3) is 0 Å². The number of benzene rings is 1. The first-order valence-corrected chi connectivity index (χ1v) is 5.82. The van der Waals surface area contributed by atoms with Gasteiger partial charge < -0.3 is 9.47 Å². The van der Waals surface area contributed by atoms with Crippen molar-refractivity contribution in [3.63, 3.8) is 0 Å². The van der Waals surface area contributed by atoms with Crippen molar-refractivity contribution in [1.29, 1.82) is 5.26 Å². The molecule has 0 spiro atoms. The van der Waals surface area contributed by atoms with Crippen molar-refractivity contribution in [1.82, 2.24) is 0 Å². The Morgan fingerprint density at radius 2 is 2.41 bits per heavy atom. The highest BCUT2D eigenvalue weighted by molar-refractivity contribution is 14.1. The Labute approximate surface area is 110 Å². The quantitative estimate of drug-likeness (QED) is 0.359. The number of ether oxygens (including phenoxy) is 2. The van der Waals surface area contributed by atoms with Crippen molar-refractivity contribution in [2.75, 3.05) is 13.2 Å². The molecular weight excluding hydrogens is 339 g/mol. The summed E-state index contributed by atoms with van der Waals surface area (Å²) in [5.41, 5.74) is 0.0604. The maximum atomic E-state index is 10.9. The maximum absolute atomic E-state index is 10.9. The summed E-state index contributed by atoms with van der Waals surface area (Å²) in [5, 5.41) is 19.6. The standard InChI is InChI=1S/C10H7IN2O4/c11-8-1-6(3-12)2-9(13(14)15)10(8)17-5-7-4-16-7/h1-2,7H,4-5H2. The van der Waals surface area contributed by atoms with Gasteiger partial charge in [-0.3, -0.25) is 10.1 Å². The number of hydrogen-bond acceptors (Lipinski definition) is 5. The average Bonchev–Trinajstić information content (AvgIpc) is 3.10. The summed E-state index contributed by atoms with van der Waals surface area (Å²) in [5.74, 6) is 0.199. The molecule has 1 atom stereocenters. The third kappa shape index (κ3) is 2.83. The Kier molecular flexibility index (Phi) is 3.44. The number of nitriles is 1. The van der Waals surface area contributed by atoms with Gasteiger partial charge in [0.05, 0.1) is 26.7 Å². The minimum Gasteiger partial charge on any atom is -0.483 e. The number of epoxide rings is 1. The van der Waals surface area contributed by atoms with Crippen LogP contribution in [-0.4, -0.2) is 24.2 Å². The molecule has 1 aliphatic rings. The fraction of sp³-hybridized carbons (Fsp3) is 0.300. The molecule has 1 aromatic carbocycles. The smallest absolute Gasteiger partial charge is 0.313 e. The number of nitro benzene ring substituents is 1. The van der Waals surface area contributed by atoms with E-state index in [9.17, 15) is 10.1 Å². The fourth-order valence-corrected chi connectivity index (χ4v) is 2.03. The van der Waals surface area contributed by atoms with Crippen LogP contribution in [0.1, 0.15) is 5.56 Å². The Morgan fingerprint density at radius 1 is 1.71 bits per heavy atom. The Bertz CT molecular complexity index is 508. The molecule has 88 valence electrons. The molecule has 0 aliphatic carbocycles. The minimum atomic E-state index is -0.550. The molecule has 0 amide bonds. The first-order chi connectivity index (χ1) is 8.11. The van der Waals surface area contributed by atoms with Crippen molar-refractivity contribution in [3.8, 4) is 11.8 Å². The molecule has 1 saturated heterocycles. The Morgan fingerprint density at radius 3 is 2.94 bits per heavy atom. The van der Waals surface area contributed by atoms with Crippen LogP contribution in [0.5, 0.6) is 5.75 Å². The van der Waals surface area contributed by atoms with Crippen LogP contribution in [-0.2, 0) is 4.74 Å². The molecule has 1 heterocycles. The SMILES string of the molecule is N#Cc1cc(I)c(OCC2CO2)c([N+](=O)[O-])c1. The van der Waals surface area contributed by atoms with E-state index in [0.717, 1.165) is 0 Å². The van der Waals surface area contributed by atoms with Crippen molar-refractivity contribution in [2.24, 2.45) is 0 Å². The van der Waals surface area contributed by atoms with Gasteiger partial charge in [0, 0.05) is 6.07 Å². The highest BCUT2D eigenvalue weighted by atomic mass is 127. The summed E-state index contributed by atoms with van der Waals surface area (Å²) in [7, 11) is 0. The van der Waals surface area contributed by atoms with Crippen molar-refractivity contribution in [3.05, 3.63) is 31.4 Å². The third-order valence-corrected chi connectivity index (χ3v) is 2.97. The van der Waals surface area contributed by atoms with Gasteiger partial charge in [-0.1, -0.05) is 0 Å². The van der Waals surface area contributed by atoms with Gasteiger partial charge in [0.15, 0.2) is 0 Å². The van der Waals surface area contributed by atoms with E-state index < -0.39 is 4.92 Å². The van der Waals surface area contributed by atoms with Crippen LogP contribution in [0, 0.1) is 25.0 Å². The molecule has 1 fully saturated rings. The lowest BCUT2D eigenvalue weighted by atomic mass is 10.2. The lowest BCUT2D eigenvalue weighted by molar-refractivity contribution is -0.386. The summed E-state index contributed by atoms with van der Waals surface area (Å²) in [6.07, 6.45) is 0.0287. The highest BCUT2D eigenvalue weighted by Crippen LogP contribution is 2.34. The van der Waals surface area contributed by atoms with E-state index in [1.807, 2.05) is 28.7 Å². The summed E-state index contributed by atoms with van der Waals surface area (Å²) in [6.45, 7) is 0.920. The molecule has 0 aromatic heterocycles. The lowest BCUT2D eigenvalue weighted by Crippen LogP contribution is -2.07. The number of nitro groups is 1. The average molecular weight is 346 g/mol. The van der Waals surface area contributed by atoms with Crippen molar-refractivity contribution >= 4 is 28.3 Å². The molecule has 1 aliphatic heterocycles. The highest BCUT2D eigenvalue weighted by Gasteiger charge is 2.26. The molecular formula is C10H7IN2O4. The monoisotopic (exact) mass is 346 g/mol. The van der Waals surface area contributed by atoms with Gasteiger partial charge in [-0.15, -0.1) is 0 Å². The number of hydrogen-bond donors (Lipinski definition) is 0. The fourth-order valence-electron chi connectivity index (χ4n) is 1.26. The van der Waals surface area contributed by atoms with E-state index in [-0.39, 0.29) is 23.1 Å². The predicted octanol–water partition coefficient (Wildman–Crippen LogP) is 1.85. The van der Waals surface area contributed by atoms with Crippen molar-refractivity contribution in [2.45, 2.75) is 6.10 Å². The lowest BCUT2D eigenvalue weighted by Gasteiger charge is -2.07. The van der Waals surface area contributed by atoms with E-state index in [2.05, 4.69) is 0 Å². The zero-order chi connectivity index (χ0) is 12.4. The van der Waals surface area contributed by atoms with Crippen LogP contribution in [0.15, 0.2) is 12.1 Å². The Balaban J connectivity index is 2.33. The number of rotatable bonds is 4. The molecule has 17 heavy (non-hydrogen) atoms. The molecule has 0 radical (unpaired) electrons. The van der Waals surface area contributed by atoms with Crippen LogP contribution in [0.4, 0.5) is 5.69 Å². The van der Waals surface area contributed by atoms with Gasteiger partial charge in [-0.05, 0) is 28.7 Å². The van der Waals surface area contributed by atoms with Gasteiger partial charge in [-0.2, -0.15) is 5.26 Å². The van der Waals surface area contributed by atoms with Gasteiger partial charge in [-0.25, -0.2) is 0 Å². The second-order valence-electron chi connectivity index (χ2n) is 3.44. The number of halogens is 1. The molecule has 1 unspecified atom stereocenters. The molecule has 2 rings (SSSR count). The van der Waals surface area contributed by atoms with Crippen LogP contribution >= 0.6 is 22.6 Å². The molecule has 1 aromatic rings. The van der Waals surface area contributed by atoms with Gasteiger partial charge in [0.25, 0.3) is 0 Å². The molecule has 0 saturated carbocycles. The minimum absolute atomic E-state index is 0.0287. The van der Waals surface area contributed by atoms with Crippen LogP contribution < -0.4 is 4.74 Å². The second-order valence-corrected chi connectivity index (χ2v) is 4.60. The van der Waals surface area contributed by atoms with Gasteiger partial charge in [0.1, 0.15) is 12.7 Å². The summed E-state index contributed by atoms with van der Waals surface area (Å²) >= 11 is 1.91. The first-order valence-electron chi connectivity index (χ1n) is 4.74. The molecule has 7 heteroatoms. The zero-order valence-corrected chi connectivity index (χ0v) is 10.7. The van der Waals surface area contributed by atoms with Gasteiger partial charge in [0.2, 0.25) is 5.75 Å². The van der Waals surface area contributed by atoms with Crippen LogP contribution in [0.3, 0.4) is 0 Å². The van der Waals surface area contributed by atoms with E-state index in [4.69, 9.17) is 14.7 Å². The first kappa shape index (κ1) is 12.1. The number of nitrogens with zero attached hydrogens (tertiary/aromatic N) is 2. The summed E-state index contributed by atoms with van der Waals surface area (Å²) < 4.78 is 10.9. The molecule has 0 bridgehead atoms. The van der Waals surface area contributed by atoms with E-state index in [1.165, 1.54) is 6.07 Å². The van der Waals surface area contributed by atoms with E-state index >= 15 is 0 Å². The largest absolute Gasteiger partial charge is 0.483 e. The zero-order valence-electron chi connectivity index (χ0n) is 8.55. The Hall–Kier alpha value is -1.40. The van der Waals surface area contributed by atoms with Crippen LogP contribution in [0.2, 0.25) is 0 Å². The van der Waals surface area contributed by atoms with Gasteiger partial charge >= 0.3 is 5.69 Å². The maximum Gasteiger partial charge on any atom is 0.313 e. The summed E-state index contributed by atoms with van der Waals surface area (Å²) in [6, 6.07) is 4.64. The molecule has 0 N–H and O–H groups in total. The van der Waals surface area contributed by atoms with E-state index in [0.29, 0.717) is 16.8 Å². The van der Waals surface area contributed by atoms with Crippen molar-refractivity contribution < 1.29 is 14.4 Å². The molecule has 6 nitrogen and oxygen atoms in total.